The number of carbonyl (C=O) groups is 1. The summed E-state index contributed by atoms with van der Waals surface area (Å²) in [5, 5.41) is 1.13. The van der Waals surface area contributed by atoms with Gasteiger partial charge in [-0.2, -0.15) is 0 Å². The van der Waals surface area contributed by atoms with Crippen molar-refractivity contribution < 1.29 is 17.9 Å². The number of amides is 1. The molecule has 0 unspecified atom stereocenters. The van der Waals surface area contributed by atoms with Crippen LogP contribution in [0.4, 0.5) is 5.69 Å². The summed E-state index contributed by atoms with van der Waals surface area (Å²) < 4.78 is 33.0. The highest BCUT2D eigenvalue weighted by molar-refractivity contribution is 7.92. The van der Waals surface area contributed by atoms with Crippen molar-refractivity contribution in [2.24, 2.45) is 0 Å². The number of ether oxygens (including phenoxy) is 1. The van der Waals surface area contributed by atoms with Crippen LogP contribution >= 0.6 is 0 Å². The van der Waals surface area contributed by atoms with Crippen LogP contribution < -0.4 is 9.04 Å². The first kappa shape index (κ1) is 23.0. The van der Waals surface area contributed by atoms with Crippen LogP contribution in [0.1, 0.15) is 27.2 Å². The molecular formula is C27H27N3O4S. The Kier molecular flexibility index (Phi) is 5.76. The lowest BCUT2D eigenvalue weighted by Gasteiger charge is -2.27. The van der Waals surface area contributed by atoms with E-state index in [0.29, 0.717) is 30.1 Å². The molecule has 0 atom stereocenters. The molecule has 1 amide bonds. The van der Waals surface area contributed by atoms with Gasteiger partial charge in [-0.1, -0.05) is 17.7 Å². The smallest absolute Gasteiger partial charge is 0.264 e. The number of aromatic nitrogens is 1. The number of hydrogen-bond donors (Lipinski definition) is 1. The molecule has 7 nitrogen and oxygen atoms in total. The first-order valence-electron chi connectivity index (χ1n) is 11.4. The fourth-order valence-corrected chi connectivity index (χ4v) is 5.80. The van der Waals surface area contributed by atoms with Crippen LogP contribution in [0.5, 0.6) is 5.75 Å². The molecule has 1 N–H and O–H groups in total. The van der Waals surface area contributed by atoms with Crippen LogP contribution in [0.3, 0.4) is 0 Å². The van der Waals surface area contributed by atoms with Crippen molar-refractivity contribution in [2.75, 3.05) is 25.0 Å². The van der Waals surface area contributed by atoms with Crippen molar-refractivity contribution in [3.05, 3.63) is 89.1 Å². The van der Waals surface area contributed by atoms with Gasteiger partial charge in [-0.05, 0) is 61.5 Å². The Bertz CT molecular complexity index is 1520. The van der Waals surface area contributed by atoms with E-state index in [-0.39, 0.29) is 10.8 Å². The Balaban J connectivity index is 1.41. The Labute approximate surface area is 205 Å². The van der Waals surface area contributed by atoms with Gasteiger partial charge in [0.2, 0.25) is 0 Å². The number of aryl methyl sites for hydroxylation is 1. The summed E-state index contributed by atoms with van der Waals surface area (Å²) in [5.74, 6) is 0.462. The van der Waals surface area contributed by atoms with E-state index < -0.39 is 10.0 Å². The third-order valence-electron chi connectivity index (χ3n) is 6.59. The van der Waals surface area contributed by atoms with Gasteiger partial charge in [-0.15, -0.1) is 0 Å². The number of carbonyl (C=O) groups excluding carboxylic acids is 1. The van der Waals surface area contributed by atoms with Gasteiger partial charge in [-0.3, -0.25) is 9.10 Å². The Hall–Kier alpha value is -3.78. The standard InChI is InChI=1S/C27H27N3O4S/c1-18-7-12-25-23(15-18)24-17-30(14-13-26(24)28-25)27(31)19-5-4-6-22(16-19)35(32,33)29(2)20-8-10-21(34-3)11-9-20/h4-12,15-16,28H,13-14,17H2,1-3H3. The lowest BCUT2D eigenvalue weighted by Crippen LogP contribution is -2.36. The highest BCUT2D eigenvalue weighted by atomic mass is 32.2. The second kappa shape index (κ2) is 8.78. The predicted molar refractivity (Wildman–Crippen MR) is 137 cm³/mol. The van der Waals surface area contributed by atoms with E-state index in [1.807, 2.05) is 0 Å². The van der Waals surface area contributed by atoms with Crippen molar-refractivity contribution in [3.8, 4) is 5.75 Å². The monoisotopic (exact) mass is 489 g/mol. The van der Waals surface area contributed by atoms with Gasteiger partial charge in [-0.25, -0.2) is 8.42 Å². The molecule has 0 spiro atoms. The molecule has 180 valence electrons. The number of fused-ring (bicyclic) bond motifs is 3. The maximum atomic E-state index is 13.4. The molecule has 0 fully saturated rings. The zero-order chi connectivity index (χ0) is 24.7. The molecule has 0 saturated heterocycles. The minimum Gasteiger partial charge on any atom is -0.497 e. The molecule has 35 heavy (non-hydrogen) atoms. The topological polar surface area (TPSA) is 82.7 Å². The molecule has 0 bridgehead atoms. The molecule has 4 aromatic rings. The van der Waals surface area contributed by atoms with E-state index in [1.54, 1.807) is 48.4 Å². The Morgan fingerprint density at radius 2 is 1.83 bits per heavy atom. The van der Waals surface area contributed by atoms with Gasteiger partial charge in [0.05, 0.1) is 17.7 Å². The van der Waals surface area contributed by atoms with Crippen LogP contribution in [0.15, 0.2) is 71.6 Å². The lowest BCUT2D eigenvalue weighted by atomic mass is 10.0. The van der Waals surface area contributed by atoms with Crippen LogP contribution in [-0.4, -0.2) is 44.9 Å². The summed E-state index contributed by atoms with van der Waals surface area (Å²) >= 11 is 0. The van der Waals surface area contributed by atoms with Crippen LogP contribution in [-0.2, 0) is 23.0 Å². The minimum atomic E-state index is -3.85. The summed E-state index contributed by atoms with van der Waals surface area (Å²) in [4.78, 5) is 18.8. The van der Waals surface area contributed by atoms with Crippen molar-refractivity contribution in [2.45, 2.75) is 24.8 Å². The van der Waals surface area contributed by atoms with E-state index in [1.165, 1.54) is 29.0 Å². The molecule has 0 radical (unpaired) electrons. The van der Waals surface area contributed by atoms with E-state index in [2.05, 4.69) is 30.1 Å². The largest absolute Gasteiger partial charge is 0.497 e. The Morgan fingerprint density at radius 3 is 2.57 bits per heavy atom. The minimum absolute atomic E-state index is 0.0714. The first-order valence-corrected chi connectivity index (χ1v) is 12.8. The number of methoxy groups -OCH3 is 1. The van der Waals surface area contributed by atoms with Gasteiger partial charge in [0.1, 0.15) is 5.75 Å². The van der Waals surface area contributed by atoms with E-state index in [9.17, 15) is 13.2 Å². The van der Waals surface area contributed by atoms with E-state index in [4.69, 9.17) is 4.74 Å². The molecule has 2 heterocycles. The molecule has 3 aromatic carbocycles. The van der Waals surface area contributed by atoms with Gasteiger partial charge in [0.15, 0.2) is 0 Å². The maximum absolute atomic E-state index is 13.4. The average molecular weight is 490 g/mol. The number of hydrogen-bond acceptors (Lipinski definition) is 4. The van der Waals surface area contributed by atoms with Gasteiger partial charge in [0, 0.05) is 54.3 Å². The summed E-state index contributed by atoms with van der Waals surface area (Å²) in [5.41, 5.74) is 5.39. The molecule has 8 heteroatoms. The quantitative estimate of drug-likeness (QED) is 0.447. The third kappa shape index (κ3) is 4.14. The van der Waals surface area contributed by atoms with Gasteiger partial charge >= 0.3 is 0 Å². The molecular weight excluding hydrogens is 462 g/mol. The summed E-state index contributed by atoms with van der Waals surface area (Å²) in [6.45, 7) is 3.11. The number of rotatable bonds is 5. The van der Waals surface area contributed by atoms with Gasteiger partial charge in [0.25, 0.3) is 15.9 Å². The molecule has 5 rings (SSSR count). The number of benzene rings is 3. The number of H-pyrrole nitrogens is 1. The number of nitrogens with zero attached hydrogens (tertiary/aromatic N) is 2. The van der Waals surface area contributed by atoms with Gasteiger partial charge < -0.3 is 14.6 Å². The summed E-state index contributed by atoms with van der Waals surface area (Å²) in [6.07, 6.45) is 0.729. The third-order valence-corrected chi connectivity index (χ3v) is 8.37. The fourth-order valence-electron chi connectivity index (χ4n) is 4.56. The molecule has 1 aliphatic rings. The molecule has 1 aliphatic heterocycles. The zero-order valence-corrected chi connectivity index (χ0v) is 20.7. The number of aromatic amines is 1. The lowest BCUT2D eigenvalue weighted by molar-refractivity contribution is 0.0735. The van der Waals surface area contributed by atoms with Crippen LogP contribution in [0.2, 0.25) is 0 Å². The number of nitrogens with one attached hydrogen (secondary N) is 1. The number of sulfonamides is 1. The highest BCUT2D eigenvalue weighted by Crippen LogP contribution is 2.30. The van der Waals surface area contributed by atoms with Crippen molar-refractivity contribution in [1.29, 1.82) is 0 Å². The first-order chi connectivity index (χ1) is 16.8. The zero-order valence-electron chi connectivity index (χ0n) is 19.9. The van der Waals surface area contributed by atoms with Crippen molar-refractivity contribution in [1.82, 2.24) is 9.88 Å². The highest BCUT2D eigenvalue weighted by Gasteiger charge is 2.27. The normalized spacial score (nSPS) is 13.5. The van der Waals surface area contributed by atoms with E-state index >= 15 is 0 Å². The summed E-state index contributed by atoms with van der Waals surface area (Å²) in [7, 11) is -0.802. The van der Waals surface area contributed by atoms with E-state index in [0.717, 1.165) is 28.6 Å². The predicted octanol–water partition coefficient (Wildman–Crippen LogP) is 4.51. The Morgan fingerprint density at radius 1 is 1.06 bits per heavy atom. The van der Waals surface area contributed by atoms with Crippen molar-refractivity contribution >= 4 is 32.5 Å². The molecule has 1 aromatic heterocycles. The van der Waals surface area contributed by atoms with Crippen LogP contribution in [0.25, 0.3) is 10.9 Å². The molecule has 0 aliphatic carbocycles. The maximum Gasteiger partial charge on any atom is 0.264 e. The fraction of sp³-hybridized carbons (Fsp3) is 0.222. The summed E-state index contributed by atoms with van der Waals surface area (Å²) in [6, 6.07) is 19.3. The average Bonchev–Trinajstić information content (AvgIpc) is 3.25. The second-order valence-corrected chi connectivity index (χ2v) is 10.8. The van der Waals surface area contributed by atoms with Crippen LogP contribution in [0, 0.1) is 6.92 Å². The second-order valence-electron chi connectivity index (χ2n) is 8.81. The van der Waals surface area contributed by atoms with Crippen molar-refractivity contribution in [3.63, 3.8) is 0 Å². The SMILES string of the molecule is COc1ccc(N(C)S(=O)(=O)c2cccc(C(=O)N3CCc4[nH]c5ccc(C)cc5c4C3)c2)cc1. The number of anilines is 1. The molecule has 0 saturated carbocycles.